The maximum absolute atomic E-state index is 6.32. The molecule has 3 heteroatoms. The van der Waals surface area contributed by atoms with Gasteiger partial charge in [0, 0.05) is 14.0 Å². The molecule has 3 aromatic rings. The first kappa shape index (κ1) is 14.8. The van der Waals surface area contributed by atoms with Crippen LogP contribution in [0, 0.1) is 3.57 Å². The Kier molecular flexibility index (Phi) is 4.48. The second-order valence-corrected chi connectivity index (χ2v) is 6.61. The second-order valence-electron chi connectivity index (χ2n) is 4.96. The molecule has 106 valence electrons. The molecule has 0 aromatic heterocycles. The summed E-state index contributed by atoms with van der Waals surface area (Å²) in [7, 11) is 1.99. The molecule has 1 nitrogen and oxygen atoms in total. The molecule has 3 aromatic carbocycles. The van der Waals surface area contributed by atoms with Gasteiger partial charge in [0.2, 0.25) is 0 Å². The van der Waals surface area contributed by atoms with Crippen LogP contribution in [0.2, 0.25) is 5.02 Å². The maximum Gasteiger partial charge on any atom is 0.0580 e. The van der Waals surface area contributed by atoms with Gasteiger partial charge in [0.15, 0.2) is 0 Å². The summed E-state index contributed by atoms with van der Waals surface area (Å²) in [4.78, 5) is 0. The second kappa shape index (κ2) is 6.34. The molecule has 0 amide bonds. The zero-order chi connectivity index (χ0) is 14.8. The van der Waals surface area contributed by atoms with Crippen molar-refractivity contribution in [3.63, 3.8) is 0 Å². The molecule has 21 heavy (non-hydrogen) atoms. The normalized spacial score (nSPS) is 12.5. The van der Waals surface area contributed by atoms with Gasteiger partial charge in [-0.3, -0.25) is 0 Å². The largest absolute Gasteiger partial charge is 0.309 e. The van der Waals surface area contributed by atoms with Crippen LogP contribution in [0.15, 0.2) is 60.7 Å². The van der Waals surface area contributed by atoms with Crippen molar-refractivity contribution < 1.29 is 0 Å². The molecular weight excluding hydrogens is 393 g/mol. The fourth-order valence-corrected chi connectivity index (χ4v) is 3.28. The first-order valence-electron chi connectivity index (χ1n) is 6.80. The highest BCUT2D eigenvalue weighted by Crippen LogP contribution is 2.32. The Balaban J connectivity index is 2.17. The predicted octanol–water partition coefficient (Wildman–Crippen LogP) is 5.41. The van der Waals surface area contributed by atoms with Gasteiger partial charge in [-0.25, -0.2) is 0 Å². The van der Waals surface area contributed by atoms with E-state index in [0.717, 1.165) is 10.4 Å². The van der Waals surface area contributed by atoms with Gasteiger partial charge >= 0.3 is 0 Å². The van der Waals surface area contributed by atoms with Crippen molar-refractivity contribution in [3.05, 3.63) is 80.4 Å². The zero-order valence-electron chi connectivity index (χ0n) is 11.6. The Morgan fingerprint density at radius 3 is 2.24 bits per heavy atom. The summed E-state index contributed by atoms with van der Waals surface area (Å²) in [6.07, 6.45) is 0. The molecule has 0 saturated carbocycles. The summed E-state index contributed by atoms with van der Waals surface area (Å²) < 4.78 is 1.24. The summed E-state index contributed by atoms with van der Waals surface area (Å²) in [6, 6.07) is 21.2. The third-order valence-electron chi connectivity index (χ3n) is 3.71. The van der Waals surface area contributed by atoms with Crippen molar-refractivity contribution in [2.45, 2.75) is 6.04 Å². The van der Waals surface area contributed by atoms with E-state index in [9.17, 15) is 0 Å². The number of rotatable bonds is 3. The van der Waals surface area contributed by atoms with E-state index in [2.05, 4.69) is 76.4 Å². The molecule has 1 unspecified atom stereocenters. The van der Waals surface area contributed by atoms with Crippen LogP contribution in [-0.4, -0.2) is 7.05 Å². The molecular formula is C18H15ClIN. The summed E-state index contributed by atoms with van der Waals surface area (Å²) in [5.74, 6) is 0. The van der Waals surface area contributed by atoms with Crippen LogP contribution in [0.3, 0.4) is 0 Å². The van der Waals surface area contributed by atoms with E-state index in [1.165, 1.54) is 20.1 Å². The highest BCUT2D eigenvalue weighted by atomic mass is 127. The van der Waals surface area contributed by atoms with Gasteiger partial charge in [0.1, 0.15) is 0 Å². The van der Waals surface area contributed by atoms with E-state index >= 15 is 0 Å². The first-order valence-corrected chi connectivity index (χ1v) is 8.26. The topological polar surface area (TPSA) is 12.0 Å². The third-order valence-corrected chi connectivity index (χ3v) is 4.76. The smallest absolute Gasteiger partial charge is 0.0580 e. The Morgan fingerprint density at radius 2 is 1.57 bits per heavy atom. The van der Waals surface area contributed by atoms with E-state index in [-0.39, 0.29) is 6.04 Å². The summed E-state index contributed by atoms with van der Waals surface area (Å²) in [6.45, 7) is 0. The minimum atomic E-state index is 0.157. The van der Waals surface area contributed by atoms with Crippen molar-refractivity contribution in [2.75, 3.05) is 7.05 Å². The van der Waals surface area contributed by atoms with Crippen molar-refractivity contribution in [1.29, 1.82) is 0 Å². The Hall–Kier alpha value is -1.10. The van der Waals surface area contributed by atoms with Crippen molar-refractivity contribution >= 4 is 45.0 Å². The number of hydrogen-bond donors (Lipinski definition) is 1. The van der Waals surface area contributed by atoms with Gasteiger partial charge in [-0.1, -0.05) is 54.1 Å². The molecule has 1 N–H and O–H groups in total. The molecule has 0 heterocycles. The van der Waals surface area contributed by atoms with Gasteiger partial charge in [-0.05, 0) is 64.4 Å². The summed E-state index contributed by atoms with van der Waals surface area (Å²) >= 11 is 8.65. The van der Waals surface area contributed by atoms with Crippen LogP contribution in [0.5, 0.6) is 0 Å². The SMILES string of the molecule is CNC(c1ccc(I)cc1)c1ccc(Cl)c2ccccc12. The third kappa shape index (κ3) is 2.93. The minimum absolute atomic E-state index is 0.157. The molecule has 0 bridgehead atoms. The van der Waals surface area contributed by atoms with E-state index in [1.807, 2.05) is 19.2 Å². The molecule has 3 rings (SSSR count). The Labute approximate surface area is 143 Å². The van der Waals surface area contributed by atoms with E-state index in [1.54, 1.807) is 0 Å². The highest BCUT2D eigenvalue weighted by Gasteiger charge is 2.15. The molecule has 0 saturated heterocycles. The average molecular weight is 408 g/mol. The standard InChI is InChI=1S/C18H15ClIN/c1-21-18(12-6-8-13(20)9-7-12)16-10-11-17(19)15-5-3-2-4-14(15)16/h2-11,18,21H,1H3. The predicted molar refractivity (Wildman–Crippen MR) is 99.0 cm³/mol. The van der Waals surface area contributed by atoms with E-state index < -0.39 is 0 Å². The fraction of sp³-hybridized carbons (Fsp3) is 0.111. The zero-order valence-corrected chi connectivity index (χ0v) is 14.5. The molecule has 0 fully saturated rings. The molecule has 0 radical (unpaired) electrons. The fourth-order valence-electron chi connectivity index (χ4n) is 2.69. The van der Waals surface area contributed by atoms with Crippen molar-refractivity contribution in [1.82, 2.24) is 5.32 Å². The summed E-state index contributed by atoms with van der Waals surface area (Å²) in [5, 5.41) is 6.51. The van der Waals surface area contributed by atoms with Crippen molar-refractivity contribution in [2.24, 2.45) is 0 Å². The lowest BCUT2D eigenvalue weighted by Crippen LogP contribution is -2.18. The van der Waals surface area contributed by atoms with Gasteiger partial charge in [-0.15, -0.1) is 0 Å². The number of nitrogens with one attached hydrogen (secondary N) is 1. The quantitative estimate of drug-likeness (QED) is 0.573. The highest BCUT2D eigenvalue weighted by molar-refractivity contribution is 14.1. The molecule has 0 aliphatic carbocycles. The van der Waals surface area contributed by atoms with Gasteiger partial charge in [-0.2, -0.15) is 0 Å². The van der Waals surface area contributed by atoms with Crippen molar-refractivity contribution in [3.8, 4) is 0 Å². The monoisotopic (exact) mass is 407 g/mol. The van der Waals surface area contributed by atoms with Gasteiger partial charge in [0.05, 0.1) is 6.04 Å². The van der Waals surface area contributed by atoms with Crippen LogP contribution in [0.4, 0.5) is 0 Å². The average Bonchev–Trinajstić information content (AvgIpc) is 2.52. The van der Waals surface area contributed by atoms with Crippen LogP contribution in [0.1, 0.15) is 17.2 Å². The Morgan fingerprint density at radius 1 is 0.905 bits per heavy atom. The molecule has 0 spiro atoms. The lowest BCUT2D eigenvalue weighted by atomic mass is 9.94. The number of benzene rings is 3. The van der Waals surface area contributed by atoms with E-state index in [0.29, 0.717) is 0 Å². The minimum Gasteiger partial charge on any atom is -0.309 e. The van der Waals surface area contributed by atoms with Crippen LogP contribution in [-0.2, 0) is 0 Å². The lowest BCUT2D eigenvalue weighted by molar-refractivity contribution is 0.697. The number of halogens is 2. The van der Waals surface area contributed by atoms with E-state index in [4.69, 9.17) is 11.6 Å². The maximum atomic E-state index is 6.32. The van der Waals surface area contributed by atoms with Crippen LogP contribution >= 0.6 is 34.2 Å². The molecule has 1 atom stereocenters. The summed E-state index contributed by atoms with van der Waals surface area (Å²) in [5.41, 5.74) is 2.50. The molecule has 0 aliphatic heterocycles. The molecule has 0 aliphatic rings. The van der Waals surface area contributed by atoms with Crippen LogP contribution < -0.4 is 5.32 Å². The van der Waals surface area contributed by atoms with Crippen LogP contribution in [0.25, 0.3) is 10.8 Å². The van der Waals surface area contributed by atoms with Gasteiger partial charge in [0.25, 0.3) is 0 Å². The Bertz CT molecular complexity index is 768. The van der Waals surface area contributed by atoms with Gasteiger partial charge < -0.3 is 5.32 Å². The number of hydrogen-bond acceptors (Lipinski definition) is 1. The number of fused-ring (bicyclic) bond motifs is 1. The first-order chi connectivity index (χ1) is 10.2. The lowest BCUT2D eigenvalue weighted by Gasteiger charge is -2.20.